The lowest BCUT2D eigenvalue weighted by Gasteiger charge is -2.26. The van der Waals surface area contributed by atoms with Crippen molar-refractivity contribution in [2.45, 2.75) is 32.7 Å². The molecule has 1 N–H and O–H groups in total. The van der Waals surface area contributed by atoms with Gasteiger partial charge in [0.15, 0.2) is 0 Å². The summed E-state index contributed by atoms with van der Waals surface area (Å²) in [5.74, 6) is 0. The zero-order valence-electron chi connectivity index (χ0n) is 12.7. The molecule has 1 saturated heterocycles. The molecule has 2 heterocycles. The van der Waals surface area contributed by atoms with Gasteiger partial charge < -0.3 is 9.72 Å². The molecule has 1 aromatic carbocycles. The first-order valence-electron chi connectivity index (χ1n) is 7.44. The Labute approximate surface area is 120 Å². The molecule has 20 heavy (non-hydrogen) atoms. The van der Waals surface area contributed by atoms with E-state index in [1.807, 2.05) is 0 Å². The van der Waals surface area contributed by atoms with Crippen molar-refractivity contribution in [3.05, 3.63) is 35.5 Å². The van der Waals surface area contributed by atoms with Gasteiger partial charge in [-0.15, -0.1) is 0 Å². The van der Waals surface area contributed by atoms with Gasteiger partial charge in [-0.3, -0.25) is 4.90 Å². The third kappa shape index (κ3) is 2.74. The maximum atomic E-state index is 5.41. The summed E-state index contributed by atoms with van der Waals surface area (Å²) in [4.78, 5) is 5.89. The minimum Gasteiger partial charge on any atom is -0.379 e. The summed E-state index contributed by atoms with van der Waals surface area (Å²) < 4.78 is 5.41. The quantitative estimate of drug-likeness (QED) is 0.908. The normalized spacial score (nSPS) is 17.8. The van der Waals surface area contributed by atoms with E-state index in [0.717, 1.165) is 32.8 Å². The van der Waals surface area contributed by atoms with Crippen LogP contribution in [0.1, 0.15) is 31.9 Å². The number of benzene rings is 1. The fourth-order valence-corrected chi connectivity index (χ4v) is 2.78. The molecule has 0 spiro atoms. The van der Waals surface area contributed by atoms with E-state index < -0.39 is 0 Å². The van der Waals surface area contributed by atoms with Gasteiger partial charge in [-0.1, -0.05) is 32.9 Å². The number of nitrogens with zero attached hydrogens (tertiary/aromatic N) is 1. The van der Waals surface area contributed by atoms with Crippen molar-refractivity contribution in [3.8, 4) is 0 Å². The average Bonchev–Trinajstić information content (AvgIpc) is 2.81. The number of rotatable bonds is 2. The lowest BCUT2D eigenvalue weighted by molar-refractivity contribution is 0.0343. The molecule has 3 heteroatoms. The highest BCUT2D eigenvalue weighted by Crippen LogP contribution is 2.27. The standard InChI is InChI=1S/C17H24N2O/c1-17(2,3)14-4-5-15-13(11-18-16(15)10-14)12-19-6-8-20-9-7-19/h4-5,10-11,18H,6-9,12H2,1-3H3. The molecule has 3 rings (SSSR count). The summed E-state index contributed by atoms with van der Waals surface area (Å²) in [6.45, 7) is 11.6. The maximum Gasteiger partial charge on any atom is 0.0594 e. The number of fused-ring (bicyclic) bond motifs is 1. The number of aromatic nitrogens is 1. The largest absolute Gasteiger partial charge is 0.379 e. The van der Waals surface area contributed by atoms with Gasteiger partial charge in [0.05, 0.1) is 13.2 Å². The van der Waals surface area contributed by atoms with Crippen molar-refractivity contribution < 1.29 is 4.74 Å². The third-order valence-electron chi connectivity index (χ3n) is 4.13. The van der Waals surface area contributed by atoms with Crippen molar-refractivity contribution in [1.82, 2.24) is 9.88 Å². The van der Waals surface area contributed by atoms with Crippen LogP contribution in [-0.2, 0) is 16.7 Å². The summed E-state index contributed by atoms with van der Waals surface area (Å²) >= 11 is 0. The van der Waals surface area contributed by atoms with Crippen molar-refractivity contribution in [2.24, 2.45) is 0 Å². The molecular formula is C17H24N2O. The van der Waals surface area contributed by atoms with Gasteiger partial charge in [0.2, 0.25) is 0 Å². The molecule has 0 saturated carbocycles. The van der Waals surface area contributed by atoms with E-state index in [4.69, 9.17) is 4.74 Å². The number of ether oxygens (including phenoxy) is 1. The number of H-pyrrole nitrogens is 1. The molecule has 3 nitrogen and oxygen atoms in total. The van der Waals surface area contributed by atoms with Gasteiger partial charge in [0.1, 0.15) is 0 Å². The van der Waals surface area contributed by atoms with E-state index in [9.17, 15) is 0 Å². The number of morpholine rings is 1. The minimum atomic E-state index is 0.198. The molecule has 108 valence electrons. The summed E-state index contributed by atoms with van der Waals surface area (Å²) in [6, 6.07) is 6.82. The second-order valence-electron chi connectivity index (χ2n) is 6.71. The van der Waals surface area contributed by atoms with Crippen LogP contribution in [0.4, 0.5) is 0 Å². The van der Waals surface area contributed by atoms with Crippen molar-refractivity contribution in [1.29, 1.82) is 0 Å². The molecule has 1 aliphatic rings. The van der Waals surface area contributed by atoms with Gasteiger partial charge in [0.25, 0.3) is 0 Å². The van der Waals surface area contributed by atoms with Crippen molar-refractivity contribution >= 4 is 10.9 Å². The highest BCUT2D eigenvalue weighted by molar-refractivity contribution is 5.84. The van der Waals surface area contributed by atoms with E-state index in [2.05, 4.69) is 55.1 Å². The molecule has 0 radical (unpaired) electrons. The van der Waals surface area contributed by atoms with Crippen LogP contribution >= 0.6 is 0 Å². The fraction of sp³-hybridized carbons (Fsp3) is 0.529. The smallest absolute Gasteiger partial charge is 0.0594 e. The molecule has 1 aliphatic heterocycles. The maximum absolute atomic E-state index is 5.41. The Morgan fingerprint density at radius 3 is 2.65 bits per heavy atom. The Kier molecular flexibility index (Phi) is 3.57. The van der Waals surface area contributed by atoms with Crippen LogP contribution in [0.25, 0.3) is 10.9 Å². The van der Waals surface area contributed by atoms with Gasteiger partial charge in [-0.05, 0) is 22.6 Å². The number of nitrogens with one attached hydrogen (secondary N) is 1. The van der Waals surface area contributed by atoms with Gasteiger partial charge in [-0.25, -0.2) is 0 Å². The highest BCUT2D eigenvalue weighted by atomic mass is 16.5. The molecule has 1 fully saturated rings. The third-order valence-corrected chi connectivity index (χ3v) is 4.13. The Balaban J connectivity index is 1.86. The highest BCUT2D eigenvalue weighted by Gasteiger charge is 2.16. The Morgan fingerprint density at radius 1 is 1.20 bits per heavy atom. The number of hydrogen-bond acceptors (Lipinski definition) is 2. The van der Waals surface area contributed by atoms with Crippen LogP contribution in [0.2, 0.25) is 0 Å². The minimum absolute atomic E-state index is 0.198. The first-order chi connectivity index (χ1) is 9.54. The average molecular weight is 272 g/mol. The first kappa shape index (κ1) is 13.7. The molecular weight excluding hydrogens is 248 g/mol. The van der Waals surface area contributed by atoms with E-state index >= 15 is 0 Å². The lowest BCUT2D eigenvalue weighted by atomic mass is 9.86. The molecule has 2 aromatic rings. The topological polar surface area (TPSA) is 28.3 Å². The fourth-order valence-electron chi connectivity index (χ4n) is 2.78. The Bertz CT molecular complexity index is 589. The zero-order valence-corrected chi connectivity index (χ0v) is 12.7. The molecule has 0 unspecified atom stereocenters. The van der Waals surface area contributed by atoms with Crippen LogP contribution in [0, 0.1) is 0 Å². The van der Waals surface area contributed by atoms with Crippen LogP contribution in [-0.4, -0.2) is 36.2 Å². The summed E-state index contributed by atoms with van der Waals surface area (Å²) in [6.07, 6.45) is 2.16. The predicted molar refractivity (Wildman–Crippen MR) is 83.1 cm³/mol. The van der Waals surface area contributed by atoms with Crippen molar-refractivity contribution in [2.75, 3.05) is 26.3 Å². The monoisotopic (exact) mass is 272 g/mol. The first-order valence-corrected chi connectivity index (χ1v) is 7.44. The summed E-state index contributed by atoms with van der Waals surface area (Å²) in [7, 11) is 0. The number of hydrogen-bond donors (Lipinski definition) is 1. The number of aromatic amines is 1. The molecule has 0 aliphatic carbocycles. The van der Waals surface area contributed by atoms with E-state index in [-0.39, 0.29) is 5.41 Å². The predicted octanol–water partition coefficient (Wildman–Crippen LogP) is 3.30. The molecule has 1 aromatic heterocycles. The Hall–Kier alpha value is -1.32. The van der Waals surface area contributed by atoms with Crippen LogP contribution in [0.15, 0.2) is 24.4 Å². The van der Waals surface area contributed by atoms with E-state index in [1.165, 1.54) is 22.0 Å². The van der Waals surface area contributed by atoms with Gasteiger partial charge >= 0.3 is 0 Å². The summed E-state index contributed by atoms with van der Waals surface area (Å²) in [5.41, 5.74) is 4.22. The second kappa shape index (κ2) is 5.23. The lowest BCUT2D eigenvalue weighted by Crippen LogP contribution is -2.35. The van der Waals surface area contributed by atoms with Gasteiger partial charge in [-0.2, -0.15) is 0 Å². The zero-order chi connectivity index (χ0) is 14.2. The van der Waals surface area contributed by atoms with Crippen LogP contribution < -0.4 is 0 Å². The SMILES string of the molecule is CC(C)(C)c1ccc2c(CN3CCOCC3)c[nH]c2c1. The van der Waals surface area contributed by atoms with Gasteiger partial charge in [0, 0.05) is 36.7 Å². The van der Waals surface area contributed by atoms with Crippen molar-refractivity contribution in [3.63, 3.8) is 0 Å². The molecule has 0 atom stereocenters. The summed E-state index contributed by atoms with van der Waals surface area (Å²) in [5, 5.41) is 1.35. The van der Waals surface area contributed by atoms with Crippen LogP contribution in [0.5, 0.6) is 0 Å². The van der Waals surface area contributed by atoms with Crippen LogP contribution in [0.3, 0.4) is 0 Å². The Morgan fingerprint density at radius 2 is 1.95 bits per heavy atom. The molecule has 0 amide bonds. The van der Waals surface area contributed by atoms with E-state index in [0.29, 0.717) is 0 Å². The second-order valence-corrected chi connectivity index (χ2v) is 6.71. The van der Waals surface area contributed by atoms with E-state index in [1.54, 1.807) is 0 Å². The molecule has 0 bridgehead atoms.